The van der Waals surface area contributed by atoms with Crippen molar-refractivity contribution in [3.8, 4) is 0 Å². The van der Waals surface area contributed by atoms with Gasteiger partial charge in [0.2, 0.25) is 5.91 Å². The molecule has 2 N–H and O–H groups in total. The minimum absolute atomic E-state index is 0.106. The van der Waals surface area contributed by atoms with Crippen LogP contribution >= 0.6 is 0 Å². The van der Waals surface area contributed by atoms with E-state index in [-0.39, 0.29) is 11.4 Å². The molecule has 1 aliphatic rings. The fourth-order valence-corrected chi connectivity index (χ4v) is 1.91. The standard InChI is InChI=1S/C13H26N2O2/c1-13(2,3)15-12(16)7-8-14-10-11-6-4-5-9-17-11/h11,14H,4-10H2,1-3H3,(H,15,16). The molecule has 100 valence electrons. The molecule has 0 aromatic heterocycles. The maximum absolute atomic E-state index is 11.5. The summed E-state index contributed by atoms with van der Waals surface area (Å²) < 4.78 is 5.60. The molecule has 0 bridgehead atoms. The van der Waals surface area contributed by atoms with Gasteiger partial charge in [0, 0.05) is 31.7 Å². The van der Waals surface area contributed by atoms with Crippen LogP contribution in [0.2, 0.25) is 0 Å². The Morgan fingerprint density at radius 3 is 2.71 bits per heavy atom. The molecule has 1 heterocycles. The smallest absolute Gasteiger partial charge is 0.221 e. The number of hydrogen-bond donors (Lipinski definition) is 2. The molecule has 1 aliphatic heterocycles. The lowest BCUT2D eigenvalue weighted by molar-refractivity contribution is -0.122. The highest BCUT2D eigenvalue weighted by atomic mass is 16.5. The van der Waals surface area contributed by atoms with Gasteiger partial charge in [-0.2, -0.15) is 0 Å². The van der Waals surface area contributed by atoms with Gasteiger partial charge in [-0.05, 0) is 40.0 Å². The number of nitrogens with one attached hydrogen (secondary N) is 2. The average molecular weight is 242 g/mol. The van der Waals surface area contributed by atoms with Crippen molar-refractivity contribution in [2.75, 3.05) is 19.7 Å². The van der Waals surface area contributed by atoms with E-state index in [9.17, 15) is 4.79 Å². The zero-order valence-corrected chi connectivity index (χ0v) is 11.3. The Bertz CT molecular complexity index is 230. The Morgan fingerprint density at radius 1 is 1.35 bits per heavy atom. The highest BCUT2D eigenvalue weighted by Crippen LogP contribution is 2.11. The molecule has 1 fully saturated rings. The van der Waals surface area contributed by atoms with Crippen LogP contribution in [0.15, 0.2) is 0 Å². The Balaban J connectivity index is 2.01. The summed E-state index contributed by atoms with van der Waals surface area (Å²) in [6.45, 7) is 8.46. The van der Waals surface area contributed by atoms with Crippen LogP contribution in [0, 0.1) is 0 Å². The van der Waals surface area contributed by atoms with E-state index in [1.165, 1.54) is 12.8 Å². The molecule has 1 saturated heterocycles. The number of ether oxygens (including phenoxy) is 1. The van der Waals surface area contributed by atoms with Crippen molar-refractivity contribution >= 4 is 5.91 Å². The zero-order chi connectivity index (χ0) is 12.7. The van der Waals surface area contributed by atoms with Gasteiger partial charge in [-0.1, -0.05) is 0 Å². The van der Waals surface area contributed by atoms with Crippen LogP contribution < -0.4 is 10.6 Å². The topological polar surface area (TPSA) is 50.4 Å². The van der Waals surface area contributed by atoms with Gasteiger partial charge in [0.05, 0.1) is 6.10 Å². The number of carbonyl (C=O) groups is 1. The van der Waals surface area contributed by atoms with Gasteiger partial charge in [-0.25, -0.2) is 0 Å². The zero-order valence-electron chi connectivity index (χ0n) is 11.3. The molecule has 0 spiro atoms. The maximum atomic E-state index is 11.5. The van der Waals surface area contributed by atoms with Gasteiger partial charge >= 0.3 is 0 Å². The molecular weight excluding hydrogens is 216 g/mol. The van der Waals surface area contributed by atoms with Crippen molar-refractivity contribution in [3.63, 3.8) is 0 Å². The lowest BCUT2D eigenvalue weighted by Gasteiger charge is -2.23. The van der Waals surface area contributed by atoms with Crippen molar-refractivity contribution in [1.82, 2.24) is 10.6 Å². The van der Waals surface area contributed by atoms with Crippen molar-refractivity contribution in [1.29, 1.82) is 0 Å². The molecule has 17 heavy (non-hydrogen) atoms. The summed E-state index contributed by atoms with van der Waals surface area (Å²) in [5, 5.41) is 6.23. The first kappa shape index (κ1) is 14.5. The van der Waals surface area contributed by atoms with Crippen LogP contribution in [0.4, 0.5) is 0 Å². The number of amides is 1. The number of rotatable bonds is 5. The highest BCUT2D eigenvalue weighted by molar-refractivity contribution is 5.76. The van der Waals surface area contributed by atoms with E-state index in [4.69, 9.17) is 4.74 Å². The van der Waals surface area contributed by atoms with E-state index < -0.39 is 0 Å². The quantitative estimate of drug-likeness (QED) is 0.717. The first-order valence-corrected chi connectivity index (χ1v) is 6.61. The molecule has 1 rings (SSSR count). The second-order valence-electron chi connectivity index (χ2n) is 5.74. The lowest BCUT2D eigenvalue weighted by atomic mass is 10.1. The van der Waals surface area contributed by atoms with E-state index in [1.54, 1.807) is 0 Å². The number of carbonyl (C=O) groups excluding carboxylic acids is 1. The second kappa shape index (κ2) is 6.97. The van der Waals surface area contributed by atoms with Crippen LogP contribution in [-0.2, 0) is 9.53 Å². The van der Waals surface area contributed by atoms with E-state index in [0.717, 1.165) is 26.1 Å². The van der Waals surface area contributed by atoms with Gasteiger partial charge in [-0.15, -0.1) is 0 Å². The molecule has 0 aromatic rings. The van der Waals surface area contributed by atoms with E-state index in [1.807, 2.05) is 20.8 Å². The molecule has 0 saturated carbocycles. The van der Waals surface area contributed by atoms with Crippen LogP contribution in [0.25, 0.3) is 0 Å². The second-order valence-corrected chi connectivity index (χ2v) is 5.74. The summed E-state index contributed by atoms with van der Waals surface area (Å²) in [5.41, 5.74) is -0.135. The summed E-state index contributed by atoms with van der Waals surface area (Å²) in [7, 11) is 0. The van der Waals surface area contributed by atoms with Gasteiger partial charge in [-0.3, -0.25) is 4.79 Å². The van der Waals surface area contributed by atoms with Gasteiger partial charge in [0.15, 0.2) is 0 Å². The van der Waals surface area contributed by atoms with Crippen molar-refractivity contribution < 1.29 is 9.53 Å². The predicted molar refractivity (Wildman–Crippen MR) is 69.0 cm³/mol. The highest BCUT2D eigenvalue weighted by Gasteiger charge is 2.15. The van der Waals surface area contributed by atoms with Crippen molar-refractivity contribution in [3.05, 3.63) is 0 Å². The van der Waals surface area contributed by atoms with E-state index in [2.05, 4.69) is 10.6 Å². The fourth-order valence-electron chi connectivity index (χ4n) is 1.91. The Hall–Kier alpha value is -0.610. The SMILES string of the molecule is CC(C)(C)NC(=O)CCNCC1CCCCO1. The molecule has 1 amide bonds. The molecule has 4 heteroatoms. The summed E-state index contributed by atoms with van der Waals surface area (Å²) in [5.74, 6) is 0.106. The average Bonchev–Trinajstić information content (AvgIpc) is 2.23. The van der Waals surface area contributed by atoms with Crippen LogP contribution in [-0.4, -0.2) is 37.2 Å². The lowest BCUT2D eigenvalue weighted by Crippen LogP contribution is -2.42. The Kier molecular flexibility index (Phi) is 5.92. The predicted octanol–water partition coefficient (Wildman–Crippen LogP) is 1.45. The van der Waals surface area contributed by atoms with Crippen LogP contribution in [0.3, 0.4) is 0 Å². The molecule has 0 radical (unpaired) electrons. The maximum Gasteiger partial charge on any atom is 0.221 e. The third kappa shape index (κ3) is 7.34. The minimum Gasteiger partial charge on any atom is -0.377 e. The van der Waals surface area contributed by atoms with Crippen LogP contribution in [0.5, 0.6) is 0 Å². The molecular formula is C13H26N2O2. The molecule has 0 aromatic carbocycles. The number of hydrogen-bond acceptors (Lipinski definition) is 3. The van der Waals surface area contributed by atoms with Gasteiger partial charge < -0.3 is 15.4 Å². The van der Waals surface area contributed by atoms with Crippen molar-refractivity contribution in [2.45, 2.75) is 58.1 Å². The van der Waals surface area contributed by atoms with E-state index in [0.29, 0.717) is 12.5 Å². The monoisotopic (exact) mass is 242 g/mol. The first-order valence-electron chi connectivity index (χ1n) is 6.61. The normalized spacial score (nSPS) is 21.2. The summed E-state index contributed by atoms with van der Waals surface area (Å²) in [6.07, 6.45) is 4.46. The third-order valence-electron chi connectivity index (χ3n) is 2.69. The fraction of sp³-hybridized carbons (Fsp3) is 0.923. The Labute approximate surface area is 104 Å². The van der Waals surface area contributed by atoms with Gasteiger partial charge in [0.25, 0.3) is 0 Å². The summed E-state index contributed by atoms with van der Waals surface area (Å²) >= 11 is 0. The first-order chi connectivity index (χ1) is 7.97. The van der Waals surface area contributed by atoms with Gasteiger partial charge in [0.1, 0.15) is 0 Å². The molecule has 1 atom stereocenters. The van der Waals surface area contributed by atoms with E-state index >= 15 is 0 Å². The van der Waals surface area contributed by atoms with Crippen molar-refractivity contribution in [2.24, 2.45) is 0 Å². The summed E-state index contributed by atoms with van der Waals surface area (Å²) in [6, 6.07) is 0. The van der Waals surface area contributed by atoms with Crippen LogP contribution in [0.1, 0.15) is 46.5 Å². The largest absolute Gasteiger partial charge is 0.377 e. The molecule has 4 nitrogen and oxygen atoms in total. The molecule has 1 unspecified atom stereocenters. The third-order valence-corrected chi connectivity index (χ3v) is 2.69. The Morgan fingerprint density at radius 2 is 2.12 bits per heavy atom. The minimum atomic E-state index is -0.135. The summed E-state index contributed by atoms with van der Waals surface area (Å²) in [4.78, 5) is 11.5. The molecule has 0 aliphatic carbocycles.